The molecule has 0 amide bonds. The summed E-state index contributed by atoms with van der Waals surface area (Å²) in [4.78, 5) is 0.299. The van der Waals surface area contributed by atoms with E-state index in [0.717, 1.165) is 22.4 Å². The van der Waals surface area contributed by atoms with Crippen molar-refractivity contribution in [1.29, 1.82) is 0 Å². The Balaban J connectivity index is 1.74. The Labute approximate surface area is 158 Å². The highest BCUT2D eigenvalue weighted by molar-refractivity contribution is 7.89. The van der Waals surface area contributed by atoms with E-state index in [1.807, 2.05) is 55.5 Å². The number of nitrogens with zero attached hydrogens (tertiary/aromatic N) is 4. The second kappa shape index (κ2) is 7.09. The van der Waals surface area contributed by atoms with E-state index in [1.165, 1.54) is 4.31 Å². The summed E-state index contributed by atoms with van der Waals surface area (Å²) in [7, 11) is -3.62. The zero-order valence-electron chi connectivity index (χ0n) is 15.0. The fourth-order valence-corrected chi connectivity index (χ4v) is 4.56. The monoisotopic (exact) mass is 380 g/mol. The average molecular weight is 380 g/mol. The first kappa shape index (κ1) is 17.6. The van der Waals surface area contributed by atoms with Crippen molar-refractivity contribution in [1.82, 2.24) is 19.3 Å². The maximum absolute atomic E-state index is 13.2. The van der Waals surface area contributed by atoms with Gasteiger partial charge in [-0.15, -0.1) is 5.10 Å². The third-order valence-electron chi connectivity index (χ3n) is 4.60. The largest absolute Gasteiger partial charge is 0.244 e. The Kier molecular flexibility index (Phi) is 4.63. The summed E-state index contributed by atoms with van der Waals surface area (Å²) in [6.07, 6.45) is 3.65. The standard InChI is InChI=1S/C20H20N4O2S/c1-16-7-9-20(10-8-16)27(25,26)23-13-18(11-17-5-3-2-4-6-17)14-24-19(15-23)12-21-22-24/h2-12H,13-15H2,1H3/b18-11-. The van der Waals surface area contributed by atoms with E-state index in [0.29, 0.717) is 18.0 Å². The van der Waals surface area contributed by atoms with Crippen LogP contribution in [-0.2, 0) is 23.1 Å². The van der Waals surface area contributed by atoms with Crippen LogP contribution in [0.5, 0.6) is 0 Å². The number of aromatic nitrogens is 3. The van der Waals surface area contributed by atoms with Gasteiger partial charge in [-0.05, 0) is 30.2 Å². The fourth-order valence-electron chi connectivity index (χ4n) is 3.15. The lowest BCUT2D eigenvalue weighted by Crippen LogP contribution is -2.31. The molecule has 1 aliphatic rings. The number of aryl methyl sites for hydroxylation is 1. The molecule has 0 aliphatic carbocycles. The van der Waals surface area contributed by atoms with Gasteiger partial charge in [0.05, 0.1) is 29.9 Å². The molecule has 0 bridgehead atoms. The molecule has 1 aromatic heterocycles. The Morgan fingerprint density at radius 1 is 0.963 bits per heavy atom. The Hall–Kier alpha value is -2.77. The second-order valence-electron chi connectivity index (χ2n) is 6.68. The lowest BCUT2D eigenvalue weighted by atomic mass is 10.1. The number of benzene rings is 2. The number of rotatable bonds is 3. The SMILES string of the molecule is Cc1ccc(S(=O)(=O)N2C/C(=C/c3ccccc3)Cn3nncc3C2)cc1. The summed E-state index contributed by atoms with van der Waals surface area (Å²) in [6, 6.07) is 16.8. The molecule has 0 radical (unpaired) electrons. The molecule has 0 fully saturated rings. The van der Waals surface area contributed by atoms with Crippen LogP contribution in [0.2, 0.25) is 0 Å². The minimum atomic E-state index is -3.62. The molecule has 0 atom stereocenters. The van der Waals surface area contributed by atoms with Crippen LogP contribution in [0.1, 0.15) is 16.8 Å². The predicted molar refractivity (Wildman–Crippen MR) is 103 cm³/mol. The van der Waals surface area contributed by atoms with Crippen LogP contribution in [0.4, 0.5) is 0 Å². The molecule has 4 rings (SSSR count). The summed E-state index contributed by atoms with van der Waals surface area (Å²) in [6.45, 7) is 3.02. The fraction of sp³-hybridized carbons (Fsp3) is 0.200. The van der Waals surface area contributed by atoms with Crippen molar-refractivity contribution in [3.05, 3.63) is 83.2 Å². The highest BCUT2D eigenvalue weighted by Gasteiger charge is 2.29. The summed E-state index contributed by atoms with van der Waals surface area (Å²) in [5.74, 6) is 0. The van der Waals surface area contributed by atoms with Crippen molar-refractivity contribution in [3.8, 4) is 0 Å². The van der Waals surface area contributed by atoms with E-state index in [9.17, 15) is 8.42 Å². The van der Waals surface area contributed by atoms with Gasteiger partial charge >= 0.3 is 0 Å². The molecular weight excluding hydrogens is 360 g/mol. The van der Waals surface area contributed by atoms with Gasteiger partial charge in [-0.2, -0.15) is 4.31 Å². The van der Waals surface area contributed by atoms with Gasteiger partial charge < -0.3 is 0 Å². The molecule has 1 aliphatic heterocycles. The van der Waals surface area contributed by atoms with Gasteiger partial charge in [0, 0.05) is 6.54 Å². The van der Waals surface area contributed by atoms with E-state index in [2.05, 4.69) is 10.3 Å². The second-order valence-corrected chi connectivity index (χ2v) is 8.62. The molecule has 27 heavy (non-hydrogen) atoms. The maximum Gasteiger partial charge on any atom is 0.243 e. The Morgan fingerprint density at radius 2 is 1.70 bits per heavy atom. The van der Waals surface area contributed by atoms with Gasteiger partial charge in [0.2, 0.25) is 10.0 Å². The van der Waals surface area contributed by atoms with Crippen molar-refractivity contribution in [2.75, 3.05) is 6.54 Å². The van der Waals surface area contributed by atoms with Gasteiger partial charge in [0.15, 0.2) is 0 Å². The molecule has 2 heterocycles. The Bertz CT molecular complexity index is 1070. The van der Waals surface area contributed by atoms with Crippen LogP contribution in [0.25, 0.3) is 6.08 Å². The summed E-state index contributed by atoms with van der Waals surface area (Å²) in [5.41, 5.74) is 3.80. The quantitative estimate of drug-likeness (QED) is 0.701. The summed E-state index contributed by atoms with van der Waals surface area (Å²) in [5, 5.41) is 8.07. The van der Waals surface area contributed by atoms with Gasteiger partial charge in [0.1, 0.15) is 0 Å². The molecular formula is C20H20N4O2S. The van der Waals surface area contributed by atoms with Crippen LogP contribution >= 0.6 is 0 Å². The molecule has 7 heteroatoms. The molecule has 3 aromatic rings. The van der Waals surface area contributed by atoms with E-state index >= 15 is 0 Å². The van der Waals surface area contributed by atoms with Crippen molar-refractivity contribution in [2.24, 2.45) is 0 Å². The minimum Gasteiger partial charge on any atom is -0.244 e. The molecule has 6 nitrogen and oxygen atoms in total. The number of fused-ring (bicyclic) bond motifs is 1. The Morgan fingerprint density at radius 3 is 2.44 bits per heavy atom. The van der Waals surface area contributed by atoms with Gasteiger partial charge in [-0.25, -0.2) is 13.1 Å². The lowest BCUT2D eigenvalue weighted by molar-refractivity contribution is 0.433. The molecule has 138 valence electrons. The van der Waals surface area contributed by atoms with Crippen LogP contribution in [0.3, 0.4) is 0 Å². The third-order valence-corrected chi connectivity index (χ3v) is 6.40. The summed E-state index contributed by atoms with van der Waals surface area (Å²) >= 11 is 0. The van der Waals surface area contributed by atoms with Crippen molar-refractivity contribution in [2.45, 2.75) is 24.9 Å². The molecule has 0 unspecified atom stereocenters. The van der Waals surface area contributed by atoms with Gasteiger partial charge in [-0.3, -0.25) is 0 Å². The average Bonchev–Trinajstić information content (AvgIpc) is 3.01. The van der Waals surface area contributed by atoms with Crippen molar-refractivity contribution < 1.29 is 8.42 Å². The zero-order valence-corrected chi connectivity index (χ0v) is 15.8. The van der Waals surface area contributed by atoms with E-state index in [4.69, 9.17) is 0 Å². The summed E-state index contributed by atoms with van der Waals surface area (Å²) < 4.78 is 29.7. The van der Waals surface area contributed by atoms with Gasteiger partial charge in [-0.1, -0.05) is 59.3 Å². The highest BCUT2D eigenvalue weighted by atomic mass is 32.2. The number of hydrogen-bond donors (Lipinski definition) is 0. The van der Waals surface area contributed by atoms with Crippen LogP contribution in [-0.4, -0.2) is 34.3 Å². The van der Waals surface area contributed by atoms with E-state index < -0.39 is 10.0 Å². The normalized spacial score (nSPS) is 16.9. The lowest BCUT2D eigenvalue weighted by Gasteiger charge is -2.20. The van der Waals surface area contributed by atoms with Crippen LogP contribution < -0.4 is 0 Å². The minimum absolute atomic E-state index is 0.245. The maximum atomic E-state index is 13.2. The van der Waals surface area contributed by atoms with E-state index in [-0.39, 0.29) is 6.54 Å². The molecule has 0 N–H and O–H groups in total. The molecule has 2 aromatic carbocycles. The predicted octanol–water partition coefficient (Wildman–Crippen LogP) is 2.87. The first-order valence-electron chi connectivity index (χ1n) is 8.71. The first-order chi connectivity index (χ1) is 13.0. The zero-order chi connectivity index (χ0) is 18.9. The smallest absolute Gasteiger partial charge is 0.243 e. The molecule has 0 saturated heterocycles. The van der Waals surface area contributed by atoms with Crippen molar-refractivity contribution in [3.63, 3.8) is 0 Å². The van der Waals surface area contributed by atoms with E-state index in [1.54, 1.807) is 23.0 Å². The molecule has 0 saturated carbocycles. The number of hydrogen-bond acceptors (Lipinski definition) is 4. The van der Waals surface area contributed by atoms with Gasteiger partial charge in [0.25, 0.3) is 0 Å². The van der Waals surface area contributed by atoms with Crippen LogP contribution in [0, 0.1) is 6.92 Å². The van der Waals surface area contributed by atoms with Crippen LogP contribution in [0.15, 0.2) is 71.3 Å². The number of sulfonamides is 1. The highest BCUT2D eigenvalue weighted by Crippen LogP contribution is 2.24. The van der Waals surface area contributed by atoms with Crippen molar-refractivity contribution >= 4 is 16.1 Å². The first-order valence-corrected chi connectivity index (χ1v) is 10.1. The topological polar surface area (TPSA) is 68.1 Å². The third kappa shape index (κ3) is 3.70. The molecule has 0 spiro atoms.